The first-order valence-corrected chi connectivity index (χ1v) is 11.3. The number of thiazole rings is 1. The van der Waals surface area contributed by atoms with Gasteiger partial charge in [0.25, 0.3) is 5.56 Å². The predicted molar refractivity (Wildman–Crippen MR) is 129 cm³/mol. The van der Waals surface area contributed by atoms with Crippen LogP contribution in [0.25, 0.3) is 6.08 Å². The molecule has 3 aromatic rings. The number of aromatic nitrogens is 1. The van der Waals surface area contributed by atoms with Crippen molar-refractivity contribution in [1.82, 2.24) is 4.57 Å². The Morgan fingerprint density at radius 3 is 2.50 bits per heavy atom. The van der Waals surface area contributed by atoms with Gasteiger partial charge in [-0.1, -0.05) is 66.5 Å². The predicted octanol–water partition coefficient (Wildman–Crippen LogP) is 2.89. The summed E-state index contributed by atoms with van der Waals surface area (Å²) in [4.78, 5) is 42.6. The maximum atomic E-state index is 13.5. The van der Waals surface area contributed by atoms with Crippen LogP contribution in [-0.2, 0) is 14.3 Å². The molecule has 0 saturated heterocycles. The van der Waals surface area contributed by atoms with E-state index in [4.69, 9.17) is 9.47 Å². The van der Waals surface area contributed by atoms with Crippen LogP contribution in [0.3, 0.4) is 0 Å². The van der Waals surface area contributed by atoms with Gasteiger partial charge in [-0.05, 0) is 36.3 Å². The second kappa shape index (κ2) is 9.84. The maximum absolute atomic E-state index is 13.5. The zero-order valence-electron chi connectivity index (χ0n) is 18.7. The van der Waals surface area contributed by atoms with Crippen molar-refractivity contribution in [3.05, 3.63) is 109 Å². The number of ether oxygens (including phenoxy) is 2. The summed E-state index contributed by atoms with van der Waals surface area (Å²) in [6.07, 6.45) is 3.24. The molecule has 0 unspecified atom stereocenters. The molecular formula is C26H22N2O5S. The maximum Gasteiger partial charge on any atom is 0.338 e. The quantitative estimate of drug-likeness (QED) is 0.312. The van der Waals surface area contributed by atoms with Gasteiger partial charge in [-0.15, -0.1) is 0 Å². The molecule has 8 heteroatoms. The van der Waals surface area contributed by atoms with Crippen LogP contribution in [-0.4, -0.2) is 23.1 Å². The molecule has 1 aromatic heterocycles. The lowest BCUT2D eigenvalue weighted by Crippen LogP contribution is -2.39. The number of esters is 2. The Morgan fingerprint density at radius 2 is 1.85 bits per heavy atom. The molecule has 0 bridgehead atoms. The number of nitrogens with zero attached hydrogens (tertiary/aromatic N) is 2. The fourth-order valence-electron chi connectivity index (χ4n) is 3.70. The number of allylic oxidation sites excluding steroid dienone is 1. The van der Waals surface area contributed by atoms with Crippen LogP contribution < -0.4 is 19.6 Å². The molecule has 0 N–H and O–H groups in total. The minimum atomic E-state index is -0.664. The largest absolute Gasteiger partial charge is 0.458 e. The molecule has 34 heavy (non-hydrogen) atoms. The van der Waals surface area contributed by atoms with Crippen molar-refractivity contribution in [2.75, 3.05) is 6.61 Å². The second-order valence-corrected chi connectivity index (χ2v) is 8.55. The normalized spacial score (nSPS) is 15.4. The monoisotopic (exact) mass is 474 g/mol. The van der Waals surface area contributed by atoms with Gasteiger partial charge in [0.05, 0.1) is 21.8 Å². The molecule has 0 spiro atoms. The summed E-state index contributed by atoms with van der Waals surface area (Å²) in [6, 6.07) is 15.5. The van der Waals surface area contributed by atoms with E-state index in [0.29, 0.717) is 26.4 Å². The summed E-state index contributed by atoms with van der Waals surface area (Å²) in [5.74, 6) is -0.515. The summed E-state index contributed by atoms with van der Waals surface area (Å²) < 4.78 is 12.4. The molecule has 4 rings (SSSR count). The van der Waals surface area contributed by atoms with Gasteiger partial charge in [-0.3, -0.25) is 14.2 Å². The molecule has 0 fully saturated rings. The van der Waals surface area contributed by atoms with E-state index < -0.39 is 18.0 Å². The topological polar surface area (TPSA) is 87.0 Å². The minimum Gasteiger partial charge on any atom is -0.458 e. The summed E-state index contributed by atoms with van der Waals surface area (Å²) >= 11 is 1.25. The average molecular weight is 475 g/mol. The van der Waals surface area contributed by atoms with Crippen molar-refractivity contribution in [1.29, 1.82) is 0 Å². The number of hydrogen-bond acceptors (Lipinski definition) is 7. The molecule has 0 aliphatic carbocycles. The van der Waals surface area contributed by atoms with Crippen molar-refractivity contribution < 1.29 is 19.1 Å². The summed E-state index contributed by atoms with van der Waals surface area (Å²) in [6.45, 7) is 6.72. The molecule has 2 aromatic carbocycles. The number of rotatable bonds is 6. The molecule has 0 saturated carbocycles. The summed E-state index contributed by atoms with van der Waals surface area (Å²) in [5, 5.41) is 0. The molecule has 7 nitrogen and oxygen atoms in total. The van der Waals surface area contributed by atoms with Gasteiger partial charge >= 0.3 is 11.9 Å². The van der Waals surface area contributed by atoms with Crippen molar-refractivity contribution in [2.24, 2.45) is 4.99 Å². The van der Waals surface area contributed by atoms with Crippen LogP contribution in [0.15, 0.2) is 88.3 Å². The van der Waals surface area contributed by atoms with Gasteiger partial charge in [-0.25, -0.2) is 9.79 Å². The van der Waals surface area contributed by atoms with E-state index in [2.05, 4.69) is 11.6 Å². The van der Waals surface area contributed by atoms with E-state index in [0.717, 1.165) is 11.1 Å². The highest BCUT2D eigenvalue weighted by Crippen LogP contribution is 2.30. The summed E-state index contributed by atoms with van der Waals surface area (Å²) in [5.41, 5.74) is 2.10. The van der Waals surface area contributed by atoms with Crippen LogP contribution in [0, 0.1) is 0 Å². The highest BCUT2D eigenvalue weighted by molar-refractivity contribution is 7.07. The Labute approximate surface area is 199 Å². The van der Waals surface area contributed by atoms with Gasteiger partial charge in [0.1, 0.15) is 12.4 Å². The van der Waals surface area contributed by atoms with E-state index in [1.54, 1.807) is 37.3 Å². The van der Waals surface area contributed by atoms with Crippen LogP contribution in [0.4, 0.5) is 0 Å². The molecule has 0 amide bonds. The van der Waals surface area contributed by atoms with Crippen LogP contribution >= 0.6 is 11.3 Å². The number of fused-ring (bicyclic) bond motifs is 1. The second-order valence-electron chi connectivity index (χ2n) is 7.54. The molecule has 0 radical (unpaired) electrons. The van der Waals surface area contributed by atoms with Gasteiger partial charge in [0.15, 0.2) is 4.80 Å². The number of benzene rings is 2. The highest BCUT2D eigenvalue weighted by Gasteiger charge is 2.33. The van der Waals surface area contributed by atoms with E-state index >= 15 is 0 Å². The fraction of sp³-hybridized carbons (Fsp3) is 0.154. The minimum absolute atomic E-state index is 0.0604. The third kappa shape index (κ3) is 4.67. The molecule has 1 aliphatic heterocycles. The van der Waals surface area contributed by atoms with Gasteiger partial charge in [-0.2, -0.15) is 0 Å². The van der Waals surface area contributed by atoms with Crippen LogP contribution in [0.2, 0.25) is 0 Å². The lowest BCUT2D eigenvalue weighted by Gasteiger charge is -2.24. The Hall–Kier alpha value is -4.04. The number of hydrogen-bond donors (Lipinski definition) is 0. The van der Waals surface area contributed by atoms with Gasteiger partial charge < -0.3 is 9.47 Å². The standard InChI is InChI=1S/C26H22N2O5S/c1-4-14-32-25(31)22-16(2)27-26-28(23(22)19-8-6-5-7-9-19)24(30)21(34-26)15-18-10-12-20(13-11-18)33-17(3)29/h4-13,15,23H,1,14H2,2-3H3/b21-15-/t23-/m0/s1. The number of carbonyl (C=O) groups excluding carboxylic acids is 2. The first-order valence-electron chi connectivity index (χ1n) is 10.5. The summed E-state index contributed by atoms with van der Waals surface area (Å²) in [7, 11) is 0. The Balaban J connectivity index is 1.84. The average Bonchev–Trinajstić information content (AvgIpc) is 3.12. The molecule has 1 atom stereocenters. The van der Waals surface area contributed by atoms with Crippen LogP contribution in [0.5, 0.6) is 5.75 Å². The lowest BCUT2D eigenvalue weighted by atomic mass is 9.96. The van der Waals surface area contributed by atoms with E-state index in [1.807, 2.05) is 30.3 Å². The SMILES string of the molecule is C=CCOC(=O)C1=C(C)N=c2s/c(=C\c3ccc(OC(C)=O)cc3)c(=O)n2[C@H]1c1ccccc1. The first kappa shape index (κ1) is 23.1. The molecular weight excluding hydrogens is 452 g/mol. The Morgan fingerprint density at radius 1 is 1.15 bits per heavy atom. The third-order valence-corrected chi connectivity index (χ3v) is 6.11. The third-order valence-electron chi connectivity index (χ3n) is 5.13. The van der Waals surface area contributed by atoms with Crippen molar-refractivity contribution >= 4 is 29.4 Å². The van der Waals surface area contributed by atoms with E-state index in [9.17, 15) is 14.4 Å². The van der Waals surface area contributed by atoms with Crippen molar-refractivity contribution in [3.63, 3.8) is 0 Å². The Bertz CT molecular complexity index is 1460. The van der Waals surface area contributed by atoms with E-state index in [-0.39, 0.29) is 12.2 Å². The molecule has 2 heterocycles. The fourth-order valence-corrected chi connectivity index (χ4v) is 4.74. The van der Waals surface area contributed by atoms with Crippen molar-refractivity contribution in [2.45, 2.75) is 19.9 Å². The zero-order chi connectivity index (χ0) is 24.2. The van der Waals surface area contributed by atoms with Gasteiger partial charge in [0, 0.05) is 6.92 Å². The molecule has 172 valence electrons. The smallest absolute Gasteiger partial charge is 0.338 e. The molecule has 1 aliphatic rings. The van der Waals surface area contributed by atoms with Crippen molar-refractivity contribution in [3.8, 4) is 5.75 Å². The van der Waals surface area contributed by atoms with E-state index in [1.165, 1.54) is 28.9 Å². The van der Waals surface area contributed by atoms with Crippen LogP contribution in [0.1, 0.15) is 31.0 Å². The first-order chi connectivity index (χ1) is 16.4. The Kier molecular flexibility index (Phi) is 6.70. The zero-order valence-corrected chi connectivity index (χ0v) is 19.5. The highest BCUT2D eigenvalue weighted by atomic mass is 32.1. The van der Waals surface area contributed by atoms with Gasteiger partial charge in [0.2, 0.25) is 0 Å². The lowest BCUT2D eigenvalue weighted by molar-refractivity contribution is -0.138. The number of carbonyl (C=O) groups is 2.